The first-order chi connectivity index (χ1) is 9.77. The van der Waals surface area contributed by atoms with E-state index in [1.165, 1.54) is 6.07 Å². The van der Waals surface area contributed by atoms with Gasteiger partial charge in [-0.1, -0.05) is 0 Å². The van der Waals surface area contributed by atoms with Crippen molar-refractivity contribution in [1.82, 2.24) is 14.8 Å². The molecule has 1 aromatic rings. The second-order valence-corrected chi connectivity index (χ2v) is 5.09. The molecule has 0 fully saturated rings. The molecular formula is C13H21N5O3. The average Bonchev–Trinajstić information content (AvgIpc) is 2.37. The molecule has 1 aromatic heterocycles. The van der Waals surface area contributed by atoms with Gasteiger partial charge in [0, 0.05) is 19.1 Å². The minimum Gasteiger partial charge on any atom is -0.384 e. The molecule has 0 aliphatic carbocycles. The third-order valence-corrected chi connectivity index (χ3v) is 3.09. The van der Waals surface area contributed by atoms with Gasteiger partial charge < -0.3 is 15.5 Å². The van der Waals surface area contributed by atoms with Crippen molar-refractivity contribution in [3.63, 3.8) is 0 Å². The maximum atomic E-state index is 12.6. The van der Waals surface area contributed by atoms with E-state index in [9.17, 15) is 14.9 Å². The van der Waals surface area contributed by atoms with E-state index in [4.69, 9.17) is 5.73 Å². The summed E-state index contributed by atoms with van der Waals surface area (Å²) in [6, 6.07) is 1.18. The van der Waals surface area contributed by atoms with Crippen molar-refractivity contribution in [3.8, 4) is 0 Å². The summed E-state index contributed by atoms with van der Waals surface area (Å²) in [5, 5.41) is 11.0. The first-order valence-electron chi connectivity index (χ1n) is 6.63. The Hall–Kier alpha value is -2.22. The molecule has 0 aromatic carbocycles. The van der Waals surface area contributed by atoms with Gasteiger partial charge in [-0.2, -0.15) is 0 Å². The molecule has 1 heterocycles. The topological polar surface area (TPSA) is 106 Å². The van der Waals surface area contributed by atoms with Crippen molar-refractivity contribution in [2.45, 2.75) is 19.9 Å². The average molecular weight is 295 g/mol. The molecule has 0 saturated carbocycles. The van der Waals surface area contributed by atoms with Gasteiger partial charge in [-0.3, -0.25) is 14.9 Å². The lowest BCUT2D eigenvalue weighted by Gasteiger charge is -2.30. The van der Waals surface area contributed by atoms with Crippen molar-refractivity contribution < 1.29 is 9.72 Å². The number of hydrogen-bond donors (Lipinski definition) is 1. The number of rotatable bonds is 6. The number of likely N-dealkylation sites (N-methyl/N-ethyl adjacent to an activating group) is 2. The minimum absolute atomic E-state index is 0.0278. The fourth-order valence-electron chi connectivity index (χ4n) is 2.22. The number of nitrogen functional groups attached to an aromatic ring is 1. The molecule has 1 unspecified atom stereocenters. The number of nitrogens with two attached hydrogens (primary N) is 1. The summed E-state index contributed by atoms with van der Waals surface area (Å²) in [5.41, 5.74) is 5.19. The molecule has 0 aliphatic rings. The van der Waals surface area contributed by atoms with Gasteiger partial charge in [-0.05, 0) is 34.0 Å². The Morgan fingerprint density at radius 2 is 2.14 bits per heavy atom. The molecule has 1 amide bonds. The standard InChI is InChI=1S/C13H21N5O3/c1-5-17(9(2)8-16(3)4)13(19)10-6-12(14)15-7-11(10)18(20)21/h6-7,9H,5,8H2,1-4H3,(H2,14,15). The Bertz CT molecular complexity index is 533. The van der Waals surface area contributed by atoms with Crippen molar-refractivity contribution in [2.75, 3.05) is 32.9 Å². The number of hydrogen-bond acceptors (Lipinski definition) is 6. The van der Waals surface area contributed by atoms with Crippen LogP contribution in [0.25, 0.3) is 0 Å². The van der Waals surface area contributed by atoms with Crippen molar-refractivity contribution >= 4 is 17.4 Å². The maximum Gasteiger partial charge on any atom is 0.300 e. The number of nitro groups is 1. The fraction of sp³-hybridized carbons (Fsp3) is 0.538. The monoisotopic (exact) mass is 295 g/mol. The van der Waals surface area contributed by atoms with Gasteiger partial charge in [-0.25, -0.2) is 4.98 Å². The fourth-order valence-corrected chi connectivity index (χ4v) is 2.22. The second kappa shape index (κ2) is 6.98. The third-order valence-electron chi connectivity index (χ3n) is 3.09. The number of pyridine rings is 1. The van der Waals surface area contributed by atoms with Gasteiger partial charge >= 0.3 is 0 Å². The number of anilines is 1. The van der Waals surface area contributed by atoms with E-state index in [-0.39, 0.29) is 23.1 Å². The highest BCUT2D eigenvalue weighted by Crippen LogP contribution is 2.21. The van der Waals surface area contributed by atoms with Gasteiger partial charge in [0.1, 0.15) is 17.6 Å². The lowest BCUT2D eigenvalue weighted by Crippen LogP contribution is -2.43. The molecule has 2 N–H and O–H groups in total. The molecule has 0 bridgehead atoms. The van der Waals surface area contributed by atoms with E-state index < -0.39 is 10.8 Å². The molecule has 0 aliphatic heterocycles. The highest BCUT2D eigenvalue weighted by molar-refractivity contribution is 5.98. The zero-order chi connectivity index (χ0) is 16.2. The lowest BCUT2D eigenvalue weighted by atomic mass is 10.1. The summed E-state index contributed by atoms with van der Waals surface area (Å²) in [7, 11) is 3.81. The first kappa shape index (κ1) is 16.8. The smallest absolute Gasteiger partial charge is 0.300 e. The summed E-state index contributed by atoms with van der Waals surface area (Å²) in [6.07, 6.45) is 1.02. The highest BCUT2D eigenvalue weighted by Gasteiger charge is 2.27. The van der Waals surface area contributed by atoms with E-state index in [0.717, 1.165) is 6.20 Å². The summed E-state index contributed by atoms with van der Waals surface area (Å²) in [4.78, 5) is 30.2. The molecule has 8 heteroatoms. The van der Waals surface area contributed by atoms with Crippen LogP contribution in [0.15, 0.2) is 12.3 Å². The van der Waals surface area contributed by atoms with Crippen LogP contribution in [0, 0.1) is 10.1 Å². The van der Waals surface area contributed by atoms with E-state index in [1.807, 2.05) is 32.8 Å². The largest absolute Gasteiger partial charge is 0.384 e. The summed E-state index contributed by atoms with van der Waals surface area (Å²) >= 11 is 0. The second-order valence-electron chi connectivity index (χ2n) is 5.09. The number of amides is 1. The Kier molecular flexibility index (Phi) is 5.60. The highest BCUT2D eigenvalue weighted by atomic mass is 16.6. The van der Waals surface area contributed by atoms with Crippen LogP contribution in [0.5, 0.6) is 0 Å². The van der Waals surface area contributed by atoms with Crippen molar-refractivity contribution in [2.24, 2.45) is 0 Å². The van der Waals surface area contributed by atoms with Gasteiger partial charge in [-0.15, -0.1) is 0 Å². The Labute approximate surface area is 123 Å². The molecule has 8 nitrogen and oxygen atoms in total. The molecule has 0 radical (unpaired) electrons. The van der Waals surface area contributed by atoms with E-state index in [0.29, 0.717) is 13.1 Å². The quantitative estimate of drug-likeness (QED) is 0.619. The molecular weight excluding hydrogens is 274 g/mol. The van der Waals surface area contributed by atoms with Gasteiger partial charge in [0.15, 0.2) is 0 Å². The Morgan fingerprint density at radius 3 is 2.62 bits per heavy atom. The number of nitrogens with zero attached hydrogens (tertiary/aromatic N) is 4. The third kappa shape index (κ3) is 4.12. The van der Waals surface area contributed by atoms with E-state index in [2.05, 4.69) is 4.98 Å². The van der Waals surface area contributed by atoms with Crippen LogP contribution in [-0.2, 0) is 0 Å². The molecule has 0 spiro atoms. The molecule has 116 valence electrons. The van der Waals surface area contributed by atoms with Crippen LogP contribution in [0.2, 0.25) is 0 Å². The summed E-state index contributed by atoms with van der Waals surface area (Å²) < 4.78 is 0. The Balaban J connectivity index is 3.16. The van der Waals surface area contributed by atoms with Crippen LogP contribution >= 0.6 is 0 Å². The number of carbonyl (C=O) groups is 1. The summed E-state index contributed by atoms with van der Waals surface area (Å²) in [5.74, 6) is -0.326. The van der Waals surface area contributed by atoms with Crippen LogP contribution in [0.3, 0.4) is 0 Å². The van der Waals surface area contributed by atoms with Crippen LogP contribution in [0.4, 0.5) is 11.5 Å². The predicted molar refractivity (Wildman–Crippen MR) is 80.0 cm³/mol. The summed E-state index contributed by atoms with van der Waals surface area (Å²) in [6.45, 7) is 4.85. The molecule has 1 atom stereocenters. The zero-order valence-electron chi connectivity index (χ0n) is 12.7. The van der Waals surface area contributed by atoms with Crippen LogP contribution < -0.4 is 5.73 Å². The molecule has 0 saturated heterocycles. The zero-order valence-corrected chi connectivity index (χ0v) is 12.7. The number of aromatic nitrogens is 1. The van der Waals surface area contributed by atoms with Crippen molar-refractivity contribution in [1.29, 1.82) is 0 Å². The van der Waals surface area contributed by atoms with Gasteiger partial charge in [0.2, 0.25) is 0 Å². The minimum atomic E-state index is -0.621. The predicted octanol–water partition coefficient (Wildman–Crippen LogP) is 0.984. The van der Waals surface area contributed by atoms with Gasteiger partial charge in [0.25, 0.3) is 11.6 Å². The van der Waals surface area contributed by atoms with Crippen LogP contribution in [-0.4, -0.2) is 58.8 Å². The number of carbonyl (C=O) groups excluding carboxylic acids is 1. The first-order valence-corrected chi connectivity index (χ1v) is 6.63. The lowest BCUT2D eigenvalue weighted by molar-refractivity contribution is -0.385. The molecule has 21 heavy (non-hydrogen) atoms. The van der Waals surface area contributed by atoms with Gasteiger partial charge in [0.05, 0.1) is 4.92 Å². The van der Waals surface area contributed by atoms with Crippen LogP contribution in [0.1, 0.15) is 24.2 Å². The van der Waals surface area contributed by atoms with Crippen molar-refractivity contribution in [3.05, 3.63) is 27.9 Å². The maximum absolute atomic E-state index is 12.6. The van der Waals surface area contributed by atoms with E-state index >= 15 is 0 Å². The SMILES string of the molecule is CCN(C(=O)c1cc(N)ncc1[N+](=O)[O-])C(C)CN(C)C. The normalized spacial score (nSPS) is 12.2. The molecule has 1 rings (SSSR count). The Morgan fingerprint density at radius 1 is 1.52 bits per heavy atom. The van der Waals surface area contributed by atoms with E-state index in [1.54, 1.807) is 4.90 Å².